The lowest BCUT2D eigenvalue weighted by molar-refractivity contribution is -0.159. The minimum absolute atomic E-state index is 0.0325. The van der Waals surface area contributed by atoms with Gasteiger partial charge in [0.05, 0.1) is 0 Å². The van der Waals surface area contributed by atoms with Gasteiger partial charge in [-0.25, -0.2) is 9.59 Å². The Morgan fingerprint density at radius 2 is 1.47 bits per heavy atom. The summed E-state index contributed by atoms with van der Waals surface area (Å²) in [5.74, 6) is 1.19. The lowest BCUT2D eigenvalue weighted by Crippen LogP contribution is -2.56. The molecule has 3 amide bonds. The van der Waals surface area contributed by atoms with Crippen molar-refractivity contribution < 1.29 is 28.7 Å². The molecule has 254 valence electrons. The number of ether oxygens (including phenoxy) is 2. The second-order valence-corrected chi connectivity index (χ2v) is 14.8. The number of rotatable bonds is 12. The molecule has 9 heteroatoms. The van der Waals surface area contributed by atoms with Crippen molar-refractivity contribution in [3.05, 3.63) is 71.3 Å². The van der Waals surface area contributed by atoms with Gasteiger partial charge in [0, 0.05) is 18.0 Å². The maximum Gasteiger partial charge on any atom is 0.408 e. The fourth-order valence-electron chi connectivity index (χ4n) is 5.45. The summed E-state index contributed by atoms with van der Waals surface area (Å²) in [6.07, 6.45) is 6.35. The topological polar surface area (TPSA) is 114 Å². The molecule has 0 saturated heterocycles. The van der Waals surface area contributed by atoms with Crippen LogP contribution >= 0.6 is 0 Å². The van der Waals surface area contributed by atoms with Gasteiger partial charge in [-0.05, 0) is 83.4 Å². The highest BCUT2D eigenvalue weighted by Gasteiger charge is 2.49. The van der Waals surface area contributed by atoms with Crippen molar-refractivity contribution in [3.63, 3.8) is 0 Å². The predicted octanol–water partition coefficient (Wildman–Crippen LogP) is 5.95. The fraction of sp³-hybridized carbons (Fsp3) is 0.526. The lowest BCUT2D eigenvalue weighted by atomic mass is 9.95. The number of hydrogen-bond donors (Lipinski definition) is 2. The Hall–Kier alpha value is -4.32. The molecule has 1 saturated carbocycles. The summed E-state index contributed by atoms with van der Waals surface area (Å²) in [7, 11) is 0. The zero-order valence-electron chi connectivity index (χ0n) is 29.3. The molecule has 0 radical (unpaired) electrons. The van der Waals surface area contributed by atoms with Crippen LogP contribution in [0.4, 0.5) is 4.79 Å². The van der Waals surface area contributed by atoms with E-state index < -0.39 is 53.2 Å². The number of esters is 1. The largest absolute Gasteiger partial charge is 0.458 e. The molecule has 9 nitrogen and oxygen atoms in total. The van der Waals surface area contributed by atoms with E-state index in [1.54, 1.807) is 70.7 Å². The molecule has 0 spiro atoms. The van der Waals surface area contributed by atoms with Crippen molar-refractivity contribution >= 4 is 23.9 Å². The van der Waals surface area contributed by atoms with E-state index in [2.05, 4.69) is 16.6 Å². The zero-order chi connectivity index (χ0) is 35.1. The minimum atomic E-state index is -1.19. The highest BCUT2D eigenvalue weighted by atomic mass is 16.6. The second-order valence-electron chi connectivity index (χ2n) is 14.8. The molecule has 2 aromatic carbocycles. The van der Waals surface area contributed by atoms with Crippen molar-refractivity contribution in [1.82, 2.24) is 15.5 Å². The van der Waals surface area contributed by atoms with Gasteiger partial charge in [-0.15, -0.1) is 6.42 Å². The van der Waals surface area contributed by atoms with E-state index in [9.17, 15) is 19.2 Å². The smallest absolute Gasteiger partial charge is 0.408 e. The second kappa shape index (κ2) is 15.5. The number of carbonyl (C=O) groups is 4. The molecule has 0 bridgehead atoms. The molecule has 0 aliphatic heterocycles. The van der Waals surface area contributed by atoms with Gasteiger partial charge < -0.3 is 25.0 Å². The van der Waals surface area contributed by atoms with Crippen LogP contribution in [0.3, 0.4) is 0 Å². The molecular formula is C38H51N3O6. The SMILES string of the molecule is C#Cc1ccccc1C(C(=O)NC(Cc1ccccc1)C(=O)OC(C)(C)C)N(C(=O)C(CC(C)C)NC(=O)OC(C)(C)C)C1CC1C. The lowest BCUT2D eigenvalue weighted by Gasteiger charge is -2.36. The molecule has 2 aromatic rings. The van der Waals surface area contributed by atoms with Crippen molar-refractivity contribution in [2.45, 2.75) is 117 Å². The van der Waals surface area contributed by atoms with E-state index in [-0.39, 0.29) is 24.3 Å². The van der Waals surface area contributed by atoms with Crippen molar-refractivity contribution in [1.29, 1.82) is 0 Å². The molecule has 2 N–H and O–H groups in total. The predicted molar refractivity (Wildman–Crippen MR) is 182 cm³/mol. The van der Waals surface area contributed by atoms with Crippen molar-refractivity contribution in [3.8, 4) is 12.3 Å². The van der Waals surface area contributed by atoms with Crippen molar-refractivity contribution in [2.24, 2.45) is 11.8 Å². The zero-order valence-corrected chi connectivity index (χ0v) is 29.3. The average molecular weight is 646 g/mol. The Balaban J connectivity index is 2.11. The first-order valence-electron chi connectivity index (χ1n) is 16.3. The Kier molecular flexibility index (Phi) is 12.3. The summed E-state index contributed by atoms with van der Waals surface area (Å²) >= 11 is 0. The van der Waals surface area contributed by atoms with Crippen LogP contribution in [0.2, 0.25) is 0 Å². The molecule has 1 aliphatic carbocycles. The summed E-state index contributed by atoms with van der Waals surface area (Å²) in [6, 6.07) is 12.8. The van der Waals surface area contributed by atoms with Crippen LogP contribution in [0.5, 0.6) is 0 Å². The van der Waals surface area contributed by atoms with Gasteiger partial charge in [0.2, 0.25) is 11.8 Å². The Labute approximate surface area is 280 Å². The number of alkyl carbamates (subject to hydrolysis) is 1. The number of nitrogens with zero attached hydrogens (tertiary/aromatic N) is 1. The monoisotopic (exact) mass is 645 g/mol. The first-order chi connectivity index (χ1) is 21.9. The van der Waals surface area contributed by atoms with Gasteiger partial charge in [0.25, 0.3) is 0 Å². The minimum Gasteiger partial charge on any atom is -0.458 e. The molecule has 0 heterocycles. The van der Waals surface area contributed by atoms with E-state index in [0.29, 0.717) is 24.0 Å². The van der Waals surface area contributed by atoms with Gasteiger partial charge in [-0.2, -0.15) is 0 Å². The van der Waals surface area contributed by atoms with Crippen LogP contribution in [0.1, 0.15) is 97.9 Å². The molecule has 1 aliphatic rings. The number of nitrogens with one attached hydrogen (secondary N) is 2. The first kappa shape index (κ1) is 37.1. The molecule has 1 fully saturated rings. The van der Waals surface area contributed by atoms with Crippen LogP contribution in [0.15, 0.2) is 54.6 Å². The third-order valence-electron chi connectivity index (χ3n) is 7.60. The van der Waals surface area contributed by atoms with Gasteiger partial charge >= 0.3 is 12.1 Å². The third-order valence-corrected chi connectivity index (χ3v) is 7.60. The first-order valence-corrected chi connectivity index (χ1v) is 16.3. The molecule has 3 rings (SSSR count). The maximum absolute atomic E-state index is 14.7. The number of hydrogen-bond acceptors (Lipinski definition) is 6. The summed E-state index contributed by atoms with van der Waals surface area (Å²) < 4.78 is 11.2. The van der Waals surface area contributed by atoms with Gasteiger partial charge in [-0.3, -0.25) is 9.59 Å². The van der Waals surface area contributed by atoms with E-state index in [0.717, 1.165) is 5.56 Å². The van der Waals surface area contributed by atoms with E-state index in [1.165, 1.54) is 0 Å². The average Bonchev–Trinajstić information content (AvgIpc) is 3.68. The third kappa shape index (κ3) is 11.2. The summed E-state index contributed by atoms with van der Waals surface area (Å²) in [6.45, 7) is 16.4. The molecule has 47 heavy (non-hydrogen) atoms. The van der Waals surface area contributed by atoms with Crippen LogP contribution in [-0.2, 0) is 30.3 Å². The number of terminal acetylenes is 1. The number of benzene rings is 2. The number of amides is 3. The number of carbonyl (C=O) groups excluding carboxylic acids is 4. The molecule has 5 unspecified atom stereocenters. The van der Waals surface area contributed by atoms with Crippen LogP contribution in [0, 0.1) is 24.2 Å². The van der Waals surface area contributed by atoms with E-state index >= 15 is 0 Å². The summed E-state index contributed by atoms with van der Waals surface area (Å²) in [5.41, 5.74) is 0.143. The fourth-order valence-corrected chi connectivity index (χ4v) is 5.45. The summed E-state index contributed by atoms with van der Waals surface area (Å²) in [4.78, 5) is 57.3. The molecule has 5 atom stereocenters. The quantitative estimate of drug-likeness (QED) is 0.218. The maximum atomic E-state index is 14.7. The summed E-state index contributed by atoms with van der Waals surface area (Å²) in [5, 5.41) is 5.71. The van der Waals surface area contributed by atoms with Gasteiger partial charge in [0.15, 0.2) is 0 Å². The normalized spacial score (nSPS) is 17.8. The van der Waals surface area contributed by atoms with Gasteiger partial charge in [0.1, 0.15) is 29.3 Å². The molecular weight excluding hydrogens is 594 g/mol. The highest BCUT2D eigenvalue weighted by Crippen LogP contribution is 2.41. The highest BCUT2D eigenvalue weighted by molar-refractivity contribution is 5.94. The standard InChI is InChI=1S/C38H51N3O6/c1-11-27-19-15-16-20-28(27)32(33(42)39-30(35(44)46-37(5,6)7)23-26-17-13-12-14-18-26)41(31-22-25(31)4)34(43)29(21-24(2)3)40-36(45)47-38(8,9)10/h1,12-20,24-25,29-32H,21-23H2,2-10H3,(H,39,42)(H,40,45). The van der Waals surface area contributed by atoms with Crippen LogP contribution in [-0.4, -0.2) is 58.1 Å². The molecule has 0 aromatic heterocycles. The van der Waals surface area contributed by atoms with Crippen LogP contribution < -0.4 is 10.6 Å². The van der Waals surface area contributed by atoms with E-state index in [1.807, 2.05) is 51.1 Å². The van der Waals surface area contributed by atoms with Crippen LogP contribution in [0.25, 0.3) is 0 Å². The van der Waals surface area contributed by atoms with Crippen molar-refractivity contribution in [2.75, 3.05) is 0 Å². The Morgan fingerprint density at radius 3 is 2.00 bits per heavy atom. The Morgan fingerprint density at radius 1 is 0.894 bits per heavy atom. The Bertz CT molecular complexity index is 1450. The van der Waals surface area contributed by atoms with E-state index in [4.69, 9.17) is 15.9 Å². The van der Waals surface area contributed by atoms with Gasteiger partial charge in [-0.1, -0.05) is 75.2 Å².